The SMILES string of the molecule is Cc1nc(CN(C)C(=O)c2ccc(-c3ccccc3)[nH]c2=O)cs1. The fraction of sp³-hybridized carbons (Fsp3) is 0.167. The van der Waals surface area contributed by atoms with Gasteiger partial charge in [-0.25, -0.2) is 4.98 Å². The minimum Gasteiger partial charge on any atom is -0.336 e. The van der Waals surface area contributed by atoms with Crippen molar-refractivity contribution in [2.45, 2.75) is 13.5 Å². The van der Waals surface area contributed by atoms with E-state index in [0.717, 1.165) is 16.3 Å². The number of hydrogen-bond donors (Lipinski definition) is 1. The maximum atomic E-state index is 12.5. The molecule has 1 amide bonds. The van der Waals surface area contributed by atoms with Gasteiger partial charge in [0.15, 0.2) is 0 Å². The van der Waals surface area contributed by atoms with Crippen LogP contribution in [0.1, 0.15) is 21.1 Å². The number of H-pyrrole nitrogens is 1. The van der Waals surface area contributed by atoms with Crippen molar-refractivity contribution < 1.29 is 4.79 Å². The Labute approximate surface area is 143 Å². The van der Waals surface area contributed by atoms with Crippen LogP contribution in [0.3, 0.4) is 0 Å². The first-order valence-corrected chi connectivity index (χ1v) is 8.38. The van der Waals surface area contributed by atoms with Crippen molar-refractivity contribution in [3.8, 4) is 11.3 Å². The van der Waals surface area contributed by atoms with E-state index in [0.29, 0.717) is 12.2 Å². The van der Waals surface area contributed by atoms with Crippen molar-refractivity contribution in [2.75, 3.05) is 7.05 Å². The first-order valence-electron chi connectivity index (χ1n) is 7.50. The van der Waals surface area contributed by atoms with Gasteiger partial charge >= 0.3 is 0 Å². The molecule has 0 radical (unpaired) electrons. The Bertz CT molecular complexity index is 915. The van der Waals surface area contributed by atoms with Gasteiger partial charge in [0.05, 0.1) is 17.2 Å². The zero-order valence-electron chi connectivity index (χ0n) is 13.4. The van der Waals surface area contributed by atoms with Gasteiger partial charge in [-0.2, -0.15) is 0 Å². The molecule has 0 aliphatic rings. The van der Waals surface area contributed by atoms with Gasteiger partial charge in [-0.1, -0.05) is 30.3 Å². The van der Waals surface area contributed by atoms with Crippen LogP contribution in [0.25, 0.3) is 11.3 Å². The first kappa shape index (κ1) is 16.1. The molecule has 1 N–H and O–H groups in total. The van der Waals surface area contributed by atoms with Gasteiger partial charge in [0.2, 0.25) is 0 Å². The van der Waals surface area contributed by atoms with Crippen LogP contribution < -0.4 is 5.56 Å². The molecule has 0 aliphatic carbocycles. The molecule has 0 bridgehead atoms. The fourth-order valence-electron chi connectivity index (χ4n) is 2.43. The summed E-state index contributed by atoms with van der Waals surface area (Å²) in [7, 11) is 1.67. The van der Waals surface area contributed by atoms with Crippen LogP contribution in [0.2, 0.25) is 0 Å². The van der Waals surface area contributed by atoms with Crippen LogP contribution >= 0.6 is 11.3 Å². The van der Waals surface area contributed by atoms with Crippen molar-refractivity contribution in [2.24, 2.45) is 0 Å². The molecular weight excluding hydrogens is 322 g/mol. The Morgan fingerprint density at radius 1 is 1.21 bits per heavy atom. The summed E-state index contributed by atoms with van der Waals surface area (Å²) in [6.45, 7) is 2.30. The lowest BCUT2D eigenvalue weighted by Gasteiger charge is -2.15. The number of rotatable bonds is 4. The largest absolute Gasteiger partial charge is 0.336 e. The summed E-state index contributed by atoms with van der Waals surface area (Å²) in [6, 6.07) is 12.9. The van der Waals surface area contributed by atoms with Gasteiger partial charge in [0, 0.05) is 18.1 Å². The van der Waals surface area contributed by atoms with Gasteiger partial charge < -0.3 is 9.88 Å². The van der Waals surface area contributed by atoms with Crippen LogP contribution in [0.4, 0.5) is 0 Å². The summed E-state index contributed by atoms with van der Waals surface area (Å²) in [5, 5.41) is 2.87. The zero-order valence-corrected chi connectivity index (χ0v) is 14.3. The van der Waals surface area contributed by atoms with E-state index in [-0.39, 0.29) is 17.0 Å². The average molecular weight is 339 g/mol. The van der Waals surface area contributed by atoms with Gasteiger partial charge in [-0.3, -0.25) is 9.59 Å². The average Bonchev–Trinajstić information content (AvgIpc) is 3.00. The molecule has 0 aliphatic heterocycles. The molecule has 0 saturated heterocycles. The molecule has 5 nitrogen and oxygen atoms in total. The molecule has 0 spiro atoms. The summed E-state index contributed by atoms with van der Waals surface area (Å²) < 4.78 is 0. The molecule has 0 unspecified atom stereocenters. The van der Waals surface area contributed by atoms with Crippen LogP contribution in [-0.4, -0.2) is 27.8 Å². The third-order valence-corrected chi connectivity index (χ3v) is 4.46. The number of pyridine rings is 1. The number of carbonyl (C=O) groups excluding carboxylic acids is 1. The van der Waals surface area contributed by atoms with Crippen molar-refractivity contribution in [1.29, 1.82) is 0 Å². The summed E-state index contributed by atoms with van der Waals surface area (Å²) in [6.07, 6.45) is 0. The van der Waals surface area contributed by atoms with Crippen LogP contribution in [-0.2, 0) is 6.54 Å². The molecule has 0 fully saturated rings. The predicted octanol–water partition coefficient (Wildman–Crippen LogP) is 3.08. The van der Waals surface area contributed by atoms with E-state index in [2.05, 4.69) is 9.97 Å². The molecule has 122 valence electrons. The summed E-state index contributed by atoms with van der Waals surface area (Å²) in [5.74, 6) is -0.318. The highest BCUT2D eigenvalue weighted by molar-refractivity contribution is 7.09. The molecule has 1 aromatic carbocycles. The quantitative estimate of drug-likeness (QED) is 0.794. The summed E-state index contributed by atoms with van der Waals surface area (Å²) in [5.41, 5.74) is 2.16. The Balaban J connectivity index is 1.81. The third kappa shape index (κ3) is 3.44. The van der Waals surface area contributed by atoms with Gasteiger partial charge in [-0.15, -0.1) is 11.3 Å². The second-order valence-corrected chi connectivity index (χ2v) is 6.56. The number of aromatic amines is 1. The minimum atomic E-state index is -0.386. The Kier molecular flexibility index (Phi) is 4.57. The maximum Gasteiger partial charge on any atom is 0.261 e. The topological polar surface area (TPSA) is 66.1 Å². The molecule has 2 heterocycles. The number of aryl methyl sites for hydroxylation is 1. The van der Waals surface area contributed by atoms with E-state index in [1.54, 1.807) is 19.2 Å². The number of nitrogens with zero attached hydrogens (tertiary/aromatic N) is 2. The Hall–Kier alpha value is -2.73. The van der Waals surface area contributed by atoms with Crippen LogP contribution in [0.15, 0.2) is 52.6 Å². The number of nitrogens with one attached hydrogen (secondary N) is 1. The molecule has 0 atom stereocenters. The summed E-state index contributed by atoms with van der Waals surface area (Å²) >= 11 is 1.54. The van der Waals surface area contributed by atoms with Crippen molar-refractivity contribution in [3.05, 3.63) is 74.5 Å². The number of thiazole rings is 1. The second-order valence-electron chi connectivity index (χ2n) is 5.50. The van der Waals surface area contributed by atoms with Crippen LogP contribution in [0.5, 0.6) is 0 Å². The first-order chi connectivity index (χ1) is 11.5. The Morgan fingerprint density at radius 3 is 2.58 bits per heavy atom. The van der Waals surface area contributed by atoms with E-state index < -0.39 is 0 Å². The fourth-order valence-corrected chi connectivity index (χ4v) is 3.03. The molecule has 0 saturated carbocycles. The predicted molar refractivity (Wildman–Crippen MR) is 95.1 cm³/mol. The van der Waals surface area contributed by atoms with E-state index in [1.165, 1.54) is 16.2 Å². The lowest BCUT2D eigenvalue weighted by molar-refractivity contribution is 0.0782. The highest BCUT2D eigenvalue weighted by Gasteiger charge is 2.17. The number of hydrogen-bond acceptors (Lipinski definition) is 4. The normalized spacial score (nSPS) is 10.6. The van der Waals surface area contributed by atoms with Crippen molar-refractivity contribution in [1.82, 2.24) is 14.9 Å². The number of benzene rings is 1. The maximum absolute atomic E-state index is 12.5. The standard InChI is InChI=1S/C18H17N3O2S/c1-12-19-14(11-24-12)10-21(2)18(23)15-8-9-16(20-17(15)22)13-6-4-3-5-7-13/h3-9,11H,10H2,1-2H3,(H,20,22). The van der Waals surface area contributed by atoms with Crippen molar-refractivity contribution >= 4 is 17.2 Å². The van der Waals surface area contributed by atoms with Gasteiger partial charge in [-0.05, 0) is 24.6 Å². The van der Waals surface area contributed by atoms with E-state index in [1.807, 2.05) is 42.6 Å². The molecule has 2 aromatic heterocycles. The second kappa shape index (κ2) is 6.80. The Morgan fingerprint density at radius 2 is 1.96 bits per heavy atom. The zero-order chi connectivity index (χ0) is 17.1. The monoisotopic (exact) mass is 339 g/mol. The van der Waals surface area contributed by atoms with E-state index in [9.17, 15) is 9.59 Å². The molecule has 6 heteroatoms. The van der Waals surface area contributed by atoms with Crippen molar-refractivity contribution in [3.63, 3.8) is 0 Å². The molecular formula is C18H17N3O2S. The highest BCUT2D eigenvalue weighted by atomic mass is 32.1. The lowest BCUT2D eigenvalue weighted by atomic mass is 10.1. The highest BCUT2D eigenvalue weighted by Crippen LogP contribution is 2.15. The number of aromatic nitrogens is 2. The van der Waals surface area contributed by atoms with Gasteiger partial charge in [0.25, 0.3) is 11.5 Å². The number of carbonyl (C=O) groups is 1. The van der Waals surface area contributed by atoms with E-state index >= 15 is 0 Å². The smallest absolute Gasteiger partial charge is 0.261 e. The third-order valence-electron chi connectivity index (χ3n) is 3.64. The number of amides is 1. The summed E-state index contributed by atoms with van der Waals surface area (Å²) in [4.78, 5) is 33.4. The molecule has 3 aromatic rings. The van der Waals surface area contributed by atoms with Crippen LogP contribution in [0, 0.1) is 6.92 Å². The molecule has 3 rings (SSSR count). The molecule has 24 heavy (non-hydrogen) atoms. The van der Waals surface area contributed by atoms with E-state index in [4.69, 9.17) is 0 Å². The lowest BCUT2D eigenvalue weighted by Crippen LogP contribution is -2.31. The van der Waals surface area contributed by atoms with Gasteiger partial charge in [0.1, 0.15) is 5.56 Å². The minimum absolute atomic E-state index is 0.129.